The molecule has 0 radical (unpaired) electrons. The first-order chi connectivity index (χ1) is 9.36. The molecule has 0 aromatic carbocycles. The smallest absolute Gasteiger partial charge is 0.0588 e. The van der Waals surface area contributed by atoms with E-state index in [4.69, 9.17) is 4.74 Å². The molecule has 3 rings (SSSR count). The van der Waals surface area contributed by atoms with Crippen LogP contribution < -0.4 is 5.32 Å². The molecule has 3 atom stereocenters. The largest absolute Gasteiger partial charge is 0.378 e. The lowest BCUT2D eigenvalue weighted by Crippen LogP contribution is -2.56. The van der Waals surface area contributed by atoms with Crippen LogP contribution in [0, 0.1) is 0 Å². The van der Waals surface area contributed by atoms with Crippen molar-refractivity contribution >= 4 is 0 Å². The van der Waals surface area contributed by atoms with Crippen molar-refractivity contribution in [3.63, 3.8) is 0 Å². The zero-order chi connectivity index (χ0) is 13.1. The van der Waals surface area contributed by atoms with Gasteiger partial charge in [0.2, 0.25) is 0 Å². The Morgan fingerprint density at radius 1 is 1.11 bits per heavy atom. The van der Waals surface area contributed by atoms with Gasteiger partial charge in [0.25, 0.3) is 0 Å². The topological polar surface area (TPSA) is 24.5 Å². The lowest BCUT2D eigenvalue weighted by Gasteiger charge is -2.49. The second kappa shape index (κ2) is 6.55. The highest BCUT2D eigenvalue weighted by Gasteiger charge is 2.37. The third-order valence-electron chi connectivity index (χ3n) is 5.35. The summed E-state index contributed by atoms with van der Waals surface area (Å²) in [6.07, 6.45) is 11.4. The van der Waals surface area contributed by atoms with Gasteiger partial charge in [0, 0.05) is 31.3 Å². The van der Waals surface area contributed by atoms with Crippen molar-refractivity contribution in [2.75, 3.05) is 19.7 Å². The van der Waals surface area contributed by atoms with Crippen molar-refractivity contribution < 1.29 is 4.74 Å². The molecule has 3 saturated heterocycles. The molecule has 0 aliphatic carbocycles. The van der Waals surface area contributed by atoms with Gasteiger partial charge in [-0.25, -0.2) is 0 Å². The van der Waals surface area contributed by atoms with E-state index in [1.165, 1.54) is 57.9 Å². The van der Waals surface area contributed by atoms with Crippen molar-refractivity contribution in [2.45, 2.75) is 82.5 Å². The molecule has 3 aliphatic heterocycles. The Hall–Kier alpha value is -0.120. The first-order valence-corrected chi connectivity index (χ1v) is 8.47. The number of hydrogen-bond donors (Lipinski definition) is 1. The summed E-state index contributed by atoms with van der Waals surface area (Å²) >= 11 is 0. The zero-order valence-electron chi connectivity index (χ0n) is 12.4. The van der Waals surface area contributed by atoms with Crippen LogP contribution in [-0.2, 0) is 4.74 Å². The lowest BCUT2D eigenvalue weighted by molar-refractivity contribution is 0.00909. The quantitative estimate of drug-likeness (QED) is 0.827. The van der Waals surface area contributed by atoms with Crippen LogP contribution in [0.5, 0.6) is 0 Å². The van der Waals surface area contributed by atoms with E-state index < -0.39 is 0 Å². The second-order valence-corrected chi connectivity index (χ2v) is 6.63. The molecule has 0 spiro atoms. The summed E-state index contributed by atoms with van der Waals surface area (Å²) in [5.41, 5.74) is 0. The van der Waals surface area contributed by atoms with Crippen LogP contribution in [0.4, 0.5) is 0 Å². The Bertz CT molecular complexity index is 264. The molecule has 1 N–H and O–H groups in total. The van der Waals surface area contributed by atoms with Gasteiger partial charge in [-0.3, -0.25) is 4.90 Å². The summed E-state index contributed by atoms with van der Waals surface area (Å²) in [6, 6.07) is 2.47. The summed E-state index contributed by atoms with van der Waals surface area (Å²) in [7, 11) is 0. The summed E-state index contributed by atoms with van der Waals surface area (Å²) in [5.74, 6) is 0. The van der Waals surface area contributed by atoms with Crippen LogP contribution in [0.2, 0.25) is 0 Å². The minimum absolute atomic E-state index is 0.562. The van der Waals surface area contributed by atoms with Gasteiger partial charge in [-0.05, 0) is 51.5 Å². The Morgan fingerprint density at radius 2 is 1.89 bits per heavy atom. The maximum absolute atomic E-state index is 5.79. The summed E-state index contributed by atoms with van der Waals surface area (Å²) < 4.78 is 5.79. The number of fused-ring (bicyclic) bond motifs is 2. The molecule has 110 valence electrons. The predicted molar refractivity (Wildman–Crippen MR) is 78.4 cm³/mol. The van der Waals surface area contributed by atoms with E-state index in [1.807, 2.05) is 0 Å². The molecule has 2 bridgehead atoms. The molecule has 3 nitrogen and oxygen atoms in total. The molecule has 0 amide bonds. The van der Waals surface area contributed by atoms with Gasteiger partial charge >= 0.3 is 0 Å². The van der Waals surface area contributed by atoms with Gasteiger partial charge < -0.3 is 10.1 Å². The normalized spacial score (nSPS) is 39.6. The molecular weight excluding hydrogens is 236 g/mol. The first-order valence-electron chi connectivity index (χ1n) is 8.47. The fraction of sp³-hybridized carbons (Fsp3) is 1.00. The fourth-order valence-electron chi connectivity index (χ4n) is 4.46. The van der Waals surface area contributed by atoms with Gasteiger partial charge in [0.15, 0.2) is 0 Å². The Morgan fingerprint density at radius 3 is 2.53 bits per heavy atom. The number of nitrogens with zero attached hydrogens (tertiary/aromatic N) is 1. The Balaban J connectivity index is 1.52. The van der Waals surface area contributed by atoms with E-state index in [0.717, 1.165) is 31.3 Å². The van der Waals surface area contributed by atoms with E-state index in [-0.39, 0.29) is 0 Å². The molecule has 3 unspecified atom stereocenters. The van der Waals surface area contributed by atoms with Crippen molar-refractivity contribution in [1.82, 2.24) is 10.2 Å². The van der Waals surface area contributed by atoms with Crippen LogP contribution in [-0.4, -0.2) is 48.8 Å². The SMILES string of the molecule is CCNC1CC2CCCC(C1)N2CCC1CCCO1. The molecule has 0 aromatic heterocycles. The Kier molecular flexibility index (Phi) is 4.78. The third-order valence-corrected chi connectivity index (χ3v) is 5.35. The molecule has 3 aliphatic rings. The summed E-state index contributed by atoms with van der Waals surface area (Å²) in [4.78, 5) is 2.83. The number of ether oxygens (including phenoxy) is 1. The molecule has 3 heterocycles. The highest BCUT2D eigenvalue weighted by Crippen LogP contribution is 2.34. The summed E-state index contributed by atoms with van der Waals surface area (Å²) in [5, 5.41) is 3.68. The average molecular weight is 266 g/mol. The third kappa shape index (κ3) is 3.32. The van der Waals surface area contributed by atoms with Crippen molar-refractivity contribution in [1.29, 1.82) is 0 Å². The second-order valence-electron chi connectivity index (χ2n) is 6.63. The van der Waals surface area contributed by atoms with Crippen molar-refractivity contribution in [3.05, 3.63) is 0 Å². The van der Waals surface area contributed by atoms with E-state index in [1.54, 1.807) is 0 Å². The van der Waals surface area contributed by atoms with E-state index in [0.29, 0.717) is 6.10 Å². The van der Waals surface area contributed by atoms with E-state index >= 15 is 0 Å². The monoisotopic (exact) mass is 266 g/mol. The number of piperidine rings is 2. The maximum Gasteiger partial charge on any atom is 0.0588 e. The van der Waals surface area contributed by atoms with Crippen LogP contribution in [0.25, 0.3) is 0 Å². The maximum atomic E-state index is 5.79. The lowest BCUT2D eigenvalue weighted by atomic mass is 9.81. The minimum atomic E-state index is 0.562. The average Bonchev–Trinajstić information content (AvgIpc) is 2.89. The van der Waals surface area contributed by atoms with E-state index in [9.17, 15) is 0 Å². The van der Waals surface area contributed by atoms with Crippen LogP contribution >= 0.6 is 0 Å². The number of rotatable bonds is 5. The molecule has 19 heavy (non-hydrogen) atoms. The summed E-state index contributed by atoms with van der Waals surface area (Å²) in [6.45, 7) is 5.64. The minimum Gasteiger partial charge on any atom is -0.378 e. The van der Waals surface area contributed by atoms with Crippen molar-refractivity contribution in [3.8, 4) is 0 Å². The molecule has 3 fully saturated rings. The van der Waals surface area contributed by atoms with Gasteiger partial charge in [0.05, 0.1) is 6.10 Å². The van der Waals surface area contributed by atoms with E-state index in [2.05, 4.69) is 17.1 Å². The fourth-order valence-corrected chi connectivity index (χ4v) is 4.46. The molecule has 0 saturated carbocycles. The van der Waals surface area contributed by atoms with Gasteiger partial charge in [-0.1, -0.05) is 13.3 Å². The van der Waals surface area contributed by atoms with Crippen LogP contribution in [0.1, 0.15) is 58.3 Å². The first kappa shape index (κ1) is 13.8. The highest BCUT2D eigenvalue weighted by molar-refractivity contribution is 4.95. The number of nitrogens with one attached hydrogen (secondary N) is 1. The molecule has 3 heteroatoms. The molecule has 0 aromatic rings. The standard InChI is InChI=1S/C16H30N2O/c1-2-17-13-11-14-5-3-6-15(12-13)18(14)9-8-16-7-4-10-19-16/h13-17H,2-12H2,1H3. The molecular formula is C16H30N2O. The van der Waals surface area contributed by atoms with Gasteiger partial charge in [0.1, 0.15) is 0 Å². The Labute approximate surface area is 118 Å². The van der Waals surface area contributed by atoms with Crippen molar-refractivity contribution in [2.24, 2.45) is 0 Å². The zero-order valence-corrected chi connectivity index (χ0v) is 12.4. The highest BCUT2D eigenvalue weighted by atomic mass is 16.5. The number of hydrogen-bond acceptors (Lipinski definition) is 3. The van der Waals surface area contributed by atoms with Crippen LogP contribution in [0.15, 0.2) is 0 Å². The van der Waals surface area contributed by atoms with Crippen LogP contribution in [0.3, 0.4) is 0 Å². The van der Waals surface area contributed by atoms with Gasteiger partial charge in [-0.2, -0.15) is 0 Å². The van der Waals surface area contributed by atoms with Gasteiger partial charge in [-0.15, -0.1) is 0 Å². The predicted octanol–water partition coefficient (Wildman–Crippen LogP) is 2.55.